The molecule has 0 fully saturated rings. The maximum atomic E-state index is 12.8. The number of hydrogen-bond acceptors (Lipinski definition) is 7. The van der Waals surface area contributed by atoms with Gasteiger partial charge in [-0.25, -0.2) is 4.98 Å². The summed E-state index contributed by atoms with van der Waals surface area (Å²) >= 11 is 0. The number of pyridine rings is 1. The summed E-state index contributed by atoms with van der Waals surface area (Å²) in [6, 6.07) is 14.7. The van der Waals surface area contributed by atoms with Crippen molar-refractivity contribution in [3.05, 3.63) is 59.7 Å². The van der Waals surface area contributed by atoms with E-state index in [2.05, 4.69) is 15.3 Å². The molecule has 1 aliphatic heterocycles. The first-order valence-corrected chi connectivity index (χ1v) is 11.4. The molecule has 4 rings (SSSR count). The van der Waals surface area contributed by atoms with Crippen molar-refractivity contribution < 1.29 is 13.9 Å². The van der Waals surface area contributed by atoms with Gasteiger partial charge in [-0.3, -0.25) is 4.79 Å². The molecule has 0 bridgehead atoms. The fourth-order valence-electron chi connectivity index (χ4n) is 3.65. The van der Waals surface area contributed by atoms with Crippen LogP contribution in [-0.2, 0) is 11.3 Å². The second kappa shape index (κ2) is 8.44. The molecule has 0 spiro atoms. The van der Waals surface area contributed by atoms with Crippen LogP contribution in [-0.4, -0.2) is 38.8 Å². The molecule has 0 saturated heterocycles. The Labute approximate surface area is 180 Å². The number of aryl methyl sites for hydroxylation is 1. The summed E-state index contributed by atoms with van der Waals surface area (Å²) in [6.45, 7) is 2.47. The average Bonchev–Trinajstić information content (AvgIpc) is 2.88. The van der Waals surface area contributed by atoms with Gasteiger partial charge in [-0.15, -0.1) is 0 Å². The predicted octanol–water partition coefficient (Wildman–Crippen LogP) is 3.82. The first-order chi connectivity index (χ1) is 14.9. The summed E-state index contributed by atoms with van der Waals surface area (Å²) in [5.41, 5.74) is 9.79. The maximum Gasteiger partial charge on any atom is 0.253 e. The Morgan fingerprint density at radius 3 is 2.97 bits per heavy atom. The maximum absolute atomic E-state index is 12.8. The lowest BCUT2D eigenvalue weighted by atomic mass is 10.1. The molecule has 0 radical (unpaired) electrons. The van der Waals surface area contributed by atoms with E-state index in [1.165, 1.54) is 0 Å². The van der Waals surface area contributed by atoms with Crippen molar-refractivity contribution in [3.8, 4) is 0 Å². The standard InChI is InChI=1S/C21H22N6O3S/c1-14-6-7-17-16(10-14)18(25-21(28)12-23-26-22)11-20(24-17)27-8-9-31(29,30)19-5-3-2-4-15(19)13-27/h2-7,10-11,22H,8-9,12-13H2,1H3,(H2-,24,25,28,29,30). The van der Waals surface area contributed by atoms with Crippen LogP contribution in [0.2, 0.25) is 0 Å². The molecule has 9 nitrogen and oxygen atoms in total. The highest BCUT2D eigenvalue weighted by molar-refractivity contribution is 8.24. The summed E-state index contributed by atoms with van der Waals surface area (Å²) in [5, 5.41) is 7.03. The van der Waals surface area contributed by atoms with Gasteiger partial charge in [0.15, 0.2) is 0 Å². The van der Waals surface area contributed by atoms with Crippen molar-refractivity contribution in [1.29, 1.82) is 5.53 Å². The fraction of sp³-hybridized carbons (Fsp3) is 0.238. The smallest absolute Gasteiger partial charge is 0.253 e. The molecule has 2 aromatic carbocycles. The van der Waals surface area contributed by atoms with Crippen LogP contribution in [0.25, 0.3) is 10.9 Å². The minimum Gasteiger partial charge on any atom is -0.764 e. The number of anilines is 2. The van der Waals surface area contributed by atoms with Crippen molar-refractivity contribution in [1.82, 2.24) is 9.90 Å². The van der Waals surface area contributed by atoms with Gasteiger partial charge >= 0.3 is 0 Å². The molecule has 1 amide bonds. The van der Waals surface area contributed by atoms with Gasteiger partial charge in [0.2, 0.25) is 11.5 Å². The molecule has 31 heavy (non-hydrogen) atoms. The van der Waals surface area contributed by atoms with Crippen LogP contribution in [0.1, 0.15) is 11.1 Å². The minimum absolute atomic E-state index is 0.0865. The Hall–Kier alpha value is -3.30. The number of nitrogens with one attached hydrogen (secondary N) is 2. The van der Waals surface area contributed by atoms with E-state index >= 15 is 0 Å². The van der Waals surface area contributed by atoms with Crippen LogP contribution in [0.5, 0.6) is 0 Å². The largest absolute Gasteiger partial charge is 0.764 e. The van der Waals surface area contributed by atoms with Gasteiger partial charge in [0, 0.05) is 35.2 Å². The number of nitrogens with zero attached hydrogens (tertiary/aromatic N) is 4. The molecule has 3 aromatic rings. The zero-order chi connectivity index (χ0) is 22.0. The molecule has 1 aliphatic rings. The summed E-state index contributed by atoms with van der Waals surface area (Å²) in [6.07, 6.45) is 0. The highest BCUT2D eigenvalue weighted by Gasteiger charge is 2.22. The first-order valence-electron chi connectivity index (χ1n) is 9.69. The van der Waals surface area contributed by atoms with Gasteiger partial charge < -0.3 is 29.9 Å². The zero-order valence-electron chi connectivity index (χ0n) is 16.9. The van der Waals surface area contributed by atoms with E-state index in [4.69, 9.17) is 10.5 Å². The molecule has 3 N–H and O–H groups in total. The van der Waals surface area contributed by atoms with Crippen molar-refractivity contribution >= 4 is 38.9 Å². The Bertz CT molecular complexity index is 1210. The lowest BCUT2D eigenvalue weighted by molar-refractivity contribution is -0.115. The van der Waals surface area contributed by atoms with E-state index < -0.39 is 16.5 Å². The lowest BCUT2D eigenvalue weighted by Gasteiger charge is -2.45. The fourth-order valence-corrected chi connectivity index (χ4v) is 5.17. The molecule has 1 atom stereocenters. The number of carbonyl (C=O) groups excluding carboxylic acids is 1. The number of hydrogen-bond donors (Lipinski definition) is 3. The Morgan fingerprint density at radius 1 is 1.35 bits per heavy atom. The Morgan fingerprint density at radius 2 is 2.16 bits per heavy atom. The van der Waals surface area contributed by atoms with Crippen LogP contribution >= 0.6 is 10.6 Å². The van der Waals surface area contributed by atoms with E-state index in [-0.39, 0.29) is 12.3 Å². The van der Waals surface area contributed by atoms with Crippen LogP contribution < -0.4 is 15.1 Å². The summed E-state index contributed by atoms with van der Waals surface area (Å²) in [4.78, 5) is 22.3. The molecule has 1 unspecified atom stereocenters. The third-order valence-corrected chi connectivity index (χ3v) is 6.97. The predicted molar refractivity (Wildman–Crippen MR) is 119 cm³/mol. The Kier molecular flexibility index (Phi) is 5.71. The number of rotatable bonds is 4. The third kappa shape index (κ3) is 4.42. The van der Waals surface area contributed by atoms with Crippen LogP contribution in [0.15, 0.2) is 58.5 Å². The van der Waals surface area contributed by atoms with Gasteiger partial charge in [0.25, 0.3) is 5.91 Å². The Balaban J connectivity index is 1.76. The molecule has 0 aliphatic carbocycles. The van der Waals surface area contributed by atoms with E-state index in [0.29, 0.717) is 35.0 Å². The van der Waals surface area contributed by atoms with Gasteiger partial charge in [-0.05, 0) is 30.7 Å². The normalized spacial score (nSPS) is 20.2. The van der Waals surface area contributed by atoms with Crippen molar-refractivity contribution in [2.75, 3.05) is 29.1 Å². The van der Waals surface area contributed by atoms with Crippen LogP contribution in [0, 0.1) is 12.5 Å². The topological polar surface area (TPSA) is 139 Å². The number of amides is 1. The first kappa shape index (κ1) is 21.0. The zero-order valence-corrected chi connectivity index (χ0v) is 17.7. The van der Waals surface area contributed by atoms with Crippen LogP contribution in [0.3, 0.4) is 0 Å². The lowest BCUT2D eigenvalue weighted by Crippen LogP contribution is -2.26. The number of aromatic nitrogens is 1. The van der Waals surface area contributed by atoms with Gasteiger partial charge in [0.05, 0.1) is 11.2 Å². The second-order valence-electron chi connectivity index (χ2n) is 7.37. The third-order valence-electron chi connectivity index (χ3n) is 5.15. The highest BCUT2D eigenvalue weighted by atomic mass is 32.3. The van der Waals surface area contributed by atoms with Crippen LogP contribution in [0.4, 0.5) is 11.5 Å². The molecule has 10 heteroatoms. The quantitative estimate of drug-likeness (QED) is 0.420. The number of carbonyl (C=O) groups is 1. The van der Waals surface area contributed by atoms with Crippen molar-refractivity contribution in [3.63, 3.8) is 0 Å². The van der Waals surface area contributed by atoms with E-state index in [1.807, 2.05) is 42.2 Å². The molecular weight excluding hydrogens is 416 g/mol. The monoisotopic (exact) mass is 438 g/mol. The second-order valence-corrected chi connectivity index (χ2v) is 9.50. The molecular formula is C21H22N6O3S. The average molecular weight is 439 g/mol. The summed E-state index contributed by atoms with van der Waals surface area (Å²) in [5.74, 6) is 0.291. The van der Waals surface area contributed by atoms with E-state index in [9.17, 15) is 13.9 Å². The number of fused-ring (bicyclic) bond motifs is 2. The molecule has 1 aromatic heterocycles. The van der Waals surface area contributed by atoms with Crippen molar-refractivity contribution in [2.45, 2.75) is 18.4 Å². The number of benzene rings is 2. The molecule has 2 heterocycles. The molecule has 0 saturated carbocycles. The van der Waals surface area contributed by atoms with Crippen molar-refractivity contribution in [2.24, 2.45) is 5.11 Å². The minimum atomic E-state index is -3.14. The van der Waals surface area contributed by atoms with E-state index in [0.717, 1.165) is 16.5 Å². The highest BCUT2D eigenvalue weighted by Crippen LogP contribution is 2.51. The van der Waals surface area contributed by atoms with Gasteiger partial charge in [-0.1, -0.05) is 29.8 Å². The summed E-state index contributed by atoms with van der Waals surface area (Å²) in [7, 11) is -3.14. The SMILES string of the molecule is Cc1ccc2nc(N3CCS([O-])(O)c4ccccc4C3)cc(NC(=O)CN=[N+]=N)c2c1. The van der Waals surface area contributed by atoms with Gasteiger partial charge in [-0.2, -0.15) is 0 Å². The van der Waals surface area contributed by atoms with Gasteiger partial charge in [0.1, 0.15) is 16.5 Å². The molecule has 160 valence electrons. The van der Waals surface area contributed by atoms with E-state index in [1.54, 1.807) is 18.2 Å². The summed E-state index contributed by atoms with van der Waals surface area (Å²) < 4.78 is 23.3.